The third-order valence-corrected chi connectivity index (χ3v) is 2.47. The number of ether oxygens (including phenoxy) is 1. The van der Waals surface area contributed by atoms with Crippen LogP contribution in [0.4, 0.5) is 5.69 Å². The average molecular weight is 242 g/mol. The lowest BCUT2D eigenvalue weighted by Gasteiger charge is -2.28. The quantitative estimate of drug-likeness (QED) is 0.844. The number of fused-ring (bicyclic) bond motifs is 1. The third kappa shape index (κ3) is 1.81. The number of carbonyl (C=O) groups excluding carboxylic acids is 1. The summed E-state index contributed by atoms with van der Waals surface area (Å²) in [5.74, 6) is -1.12. The van der Waals surface area contributed by atoms with E-state index in [1.54, 1.807) is 18.2 Å². The van der Waals surface area contributed by atoms with Crippen LogP contribution < -0.4 is 9.64 Å². The molecule has 0 spiro atoms. The predicted octanol–water partition coefficient (Wildman–Crippen LogP) is 1.15. The van der Waals surface area contributed by atoms with E-state index in [-0.39, 0.29) is 6.61 Å². The van der Waals surface area contributed by atoms with Crippen LogP contribution in [0.3, 0.4) is 0 Å². The van der Waals surface area contributed by atoms with Crippen LogP contribution in [0.15, 0.2) is 18.2 Å². The first-order chi connectivity index (χ1) is 7.59. The zero-order valence-electron chi connectivity index (χ0n) is 8.14. The van der Waals surface area contributed by atoms with Crippen LogP contribution in [-0.2, 0) is 9.59 Å². The summed E-state index contributed by atoms with van der Waals surface area (Å²) in [4.78, 5) is 23.3. The number of carboxylic acid groups (broad SMARTS) is 1. The van der Waals surface area contributed by atoms with Crippen molar-refractivity contribution in [1.82, 2.24) is 0 Å². The van der Waals surface area contributed by atoms with Crippen molar-refractivity contribution in [2.75, 3.05) is 18.1 Å². The maximum absolute atomic E-state index is 11.5. The molecule has 1 aliphatic heterocycles. The highest BCUT2D eigenvalue weighted by atomic mass is 35.5. The van der Waals surface area contributed by atoms with Gasteiger partial charge in [-0.2, -0.15) is 0 Å². The molecule has 0 atom stereocenters. The topological polar surface area (TPSA) is 66.8 Å². The standard InChI is InChI=1S/C10H8ClNO4/c11-6-2-1-3-7-10(6)16-5-8(13)12(7)4-9(14)15/h1-3H,4-5H2,(H,14,15). The highest BCUT2D eigenvalue weighted by Crippen LogP contribution is 2.37. The fraction of sp³-hybridized carbons (Fsp3) is 0.200. The molecule has 0 saturated heterocycles. The lowest BCUT2D eigenvalue weighted by molar-refractivity contribution is -0.137. The lowest BCUT2D eigenvalue weighted by Crippen LogP contribution is -2.41. The Kier molecular flexibility index (Phi) is 2.70. The summed E-state index contributed by atoms with van der Waals surface area (Å²) in [6.07, 6.45) is 0. The van der Waals surface area contributed by atoms with Gasteiger partial charge in [0.15, 0.2) is 12.4 Å². The molecule has 1 aliphatic rings. The van der Waals surface area contributed by atoms with E-state index in [1.165, 1.54) is 0 Å². The van der Waals surface area contributed by atoms with Crippen molar-refractivity contribution in [2.45, 2.75) is 0 Å². The molecule has 0 aromatic heterocycles. The first-order valence-electron chi connectivity index (χ1n) is 4.53. The molecule has 1 heterocycles. The second-order valence-electron chi connectivity index (χ2n) is 3.25. The molecular weight excluding hydrogens is 234 g/mol. The van der Waals surface area contributed by atoms with Gasteiger partial charge in [-0.1, -0.05) is 17.7 Å². The lowest BCUT2D eigenvalue weighted by atomic mass is 10.2. The van der Waals surface area contributed by atoms with Gasteiger partial charge in [-0.05, 0) is 12.1 Å². The number of amides is 1. The summed E-state index contributed by atoms with van der Waals surface area (Å²) < 4.78 is 5.16. The molecule has 0 aliphatic carbocycles. The number of carbonyl (C=O) groups is 2. The normalized spacial score (nSPS) is 14.3. The zero-order chi connectivity index (χ0) is 11.7. The monoisotopic (exact) mass is 241 g/mol. The molecular formula is C10H8ClNO4. The molecule has 1 N–H and O–H groups in total. The number of benzene rings is 1. The molecule has 0 unspecified atom stereocenters. The van der Waals surface area contributed by atoms with Crippen LogP contribution in [0.1, 0.15) is 0 Å². The number of aliphatic carboxylic acids is 1. The van der Waals surface area contributed by atoms with Crippen molar-refractivity contribution in [3.05, 3.63) is 23.2 Å². The van der Waals surface area contributed by atoms with Crippen molar-refractivity contribution >= 4 is 29.2 Å². The van der Waals surface area contributed by atoms with Crippen LogP contribution >= 0.6 is 11.6 Å². The Morgan fingerprint density at radius 2 is 2.31 bits per heavy atom. The van der Waals surface area contributed by atoms with E-state index < -0.39 is 18.4 Å². The Hall–Kier alpha value is -1.75. The number of nitrogens with zero attached hydrogens (tertiary/aromatic N) is 1. The highest BCUT2D eigenvalue weighted by Gasteiger charge is 2.28. The van der Waals surface area contributed by atoms with E-state index in [4.69, 9.17) is 21.4 Å². The van der Waals surface area contributed by atoms with Gasteiger partial charge < -0.3 is 9.84 Å². The Bertz CT molecular complexity index is 460. The Balaban J connectivity index is 2.44. The largest absolute Gasteiger partial charge is 0.480 e. The molecule has 16 heavy (non-hydrogen) atoms. The highest BCUT2D eigenvalue weighted by molar-refractivity contribution is 6.32. The van der Waals surface area contributed by atoms with Crippen LogP contribution in [0.2, 0.25) is 5.02 Å². The van der Waals surface area contributed by atoms with E-state index in [0.29, 0.717) is 16.5 Å². The number of halogens is 1. The number of hydrogen-bond donors (Lipinski definition) is 1. The summed E-state index contributed by atoms with van der Waals surface area (Å²) in [6, 6.07) is 4.86. The van der Waals surface area contributed by atoms with Crippen LogP contribution in [0, 0.1) is 0 Å². The fourth-order valence-electron chi connectivity index (χ4n) is 1.51. The van der Waals surface area contributed by atoms with Crippen LogP contribution in [0.5, 0.6) is 5.75 Å². The number of rotatable bonds is 2. The molecule has 1 amide bonds. The first-order valence-corrected chi connectivity index (χ1v) is 4.91. The smallest absolute Gasteiger partial charge is 0.323 e. The molecule has 1 aromatic carbocycles. The van der Waals surface area contributed by atoms with Crippen LogP contribution in [-0.4, -0.2) is 30.1 Å². The number of para-hydroxylation sites is 1. The third-order valence-electron chi connectivity index (χ3n) is 2.17. The zero-order valence-corrected chi connectivity index (χ0v) is 8.90. The second kappa shape index (κ2) is 4.02. The molecule has 84 valence electrons. The summed E-state index contributed by atoms with van der Waals surface area (Å²) in [5, 5.41) is 9.07. The second-order valence-corrected chi connectivity index (χ2v) is 3.66. The summed E-state index contributed by atoms with van der Waals surface area (Å²) in [7, 11) is 0. The van der Waals surface area contributed by atoms with Gasteiger partial charge >= 0.3 is 5.97 Å². The van der Waals surface area contributed by atoms with Crippen molar-refractivity contribution in [2.24, 2.45) is 0 Å². The number of hydrogen-bond acceptors (Lipinski definition) is 3. The van der Waals surface area contributed by atoms with E-state index in [2.05, 4.69) is 0 Å². The van der Waals surface area contributed by atoms with Crippen molar-refractivity contribution < 1.29 is 19.4 Å². The molecule has 0 saturated carbocycles. The van der Waals surface area contributed by atoms with Crippen molar-refractivity contribution in [3.8, 4) is 5.75 Å². The van der Waals surface area contributed by atoms with Gasteiger partial charge in [-0.25, -0.2) is 0 Å². The van der Waals surface area contributed by atoms with Gasteiger partial charge in [0.05, 0.1) is 10.7 Å². The maximum Gasteiger partial charge on any atom is 0.323 e. The molecule has 5 nitrogen and oxygen atoms in total. The van der Waals surface area contributed by atoms with Gasteiger partial charge in [0.25, 0.3) is 5.91 Å². The number of carboxylic acids is 1. The minimum absolute atomic E-state index is 0.190. The summed E-state index contributed by atoms with van der Waals surface area (Å²) >= 11 is 5.88. The Morgan fingerprint density at radius 1 is 1.56 bits per heavy atom. The Morgan fingerprint density at radius 3 is 3.00 bits per heavy atom. The van der Waals surface area contributed by atoms with Gasteiger partial charge in [0.1, 0.15) is 6.54 Å². The van der Waals surface area contributed by atoms with Gasteiger partial charge in [0.2, 0.25) is 0 Å². The molecule has 2 rings (SSSR count). The van der Waals surface area contributed by atoms with Gasteiger partial charge in [0, 0.05) is 0 Å². The van der Waals surface area contributed by atoms with E-state index >= 15 is 0 Å². The van der Waals surface area contributed by atoms with Crippen LogP contribution in [0.25, 0.3) is 0 Å². The molecule has 0 bridgehead atoms. The maximum atomic E-state index is 11.5. The fourth-order valence-corrected chi connectivity index (χ4v) is 1.73. The molecule has 0 radical (unpaired) electrons. The average Bonchev–Trinajstić information content (AvgIpc) is 2.22. The minimum atomic E-state index is -1.08. The minimum Gasteiger partial charge on any atom is -0.480 e. The first kappa shape index (κ1) is 10.8. The molecule has 6 heteroatoms. The van der Waals surface area contributed by atoms with Crippen molar-refractivity contribution in [1.29, 1.82) is 0 Å². The van der Waals surface area contributed by atoms with E-state index in [9.17, 15) is 9.59 Å². The number of anilines is 1. The SMILES string of the molecule is O=C(O)CN1C(=O)COc2c(Cl)cccc21. The molecule has 1 aromatic rings. The summed E-state index contributed by atoms with van der Waals surface area (Å²) in [6.45, 7) is -0.584. The predicted molar refractivity (Wildman–Crippen MR) is 56.9 cm³/mol. The molecule has 0 fully saturated rings. The van der Waals surface area contributed by atoms with Gasteiger partial charge in [-0.3, -0.25) is 14.5 Å². The van der Waals surface area contributed by atoms with E-state index in [0.717, 1.165) is 4.90 Å². The summed E-state index contributed by atoms with van der Waals surface area (Å²) in [5.41, 5.74) is 0.395. The van der Waals surface area contributed by atoms with E-state index in [1.807, 2.05) is 0 Å². The van der Waals surface area contributed by atoms with Crippen molar-refractivity contribution in [3.63, 3.8) is 0 Å². The van der Waals surface area contributed by atoms with Gasteiger partial charge in [-0.15, -0.1) is 0 Å². The Labute approximate surface area is 96.2 Å².